The molecular weight excluding hydrogens is 305 g/mol. The molecule has 1 fully saturated rings. The van der Waals surface area contributed by atoms with E-state index in [0.717, 1.165) is 22.5 Å². The molecule has 2 nitrogen and oxygen atoms in total. The van der Waals surface area contributed by atoms with Gasteiger partial charge in [-0.2, -0.15) is 0 Å². The molecule has 96 valence electrons. The van der Waals surface area contributed by atoms with Crippen LogP contribution in [0.15, 0.2) is 15.9 Å². The number of morpholine rings is 1. The molecule has 2 atom stereocenters. The topological polar surface area (TPSA) is 21.3 Å². The molecule has 1 aliphatic heterocycles. The molecule has 5 heteroatoms. The van der Waals surface area contributed by atoms with Gasteiger partial charge >= 0.3 is 0 Å². The van der Waals surface area contributed by atoms with Crippen LogP contribution in [0.2, 0.25) is 0 Å². The minimum absolute atomic E-state index is 0.141. The number of halogens is 2. The van der Waals surface area contributed by atoms with Gasteiger partial charge in [0, 0.05) is 33.7 Å². The first kappa shape index (κ1) is 13.5. The number of ether oxygens (including phenoxy) is 1. The molecule has 0 radical (unpaired) electrons. The molecule has 1 N–H and O–H groups in total. The number of nitrogens with one attached hydrogen (secondary N) is 1. The van der Waals surface area contributed by atoms with E-state index in [1.165, 1.54) is 0 Å². The van der Waals surface area contributed by atoms with Crippen LogP contribution in [0, 0.1) is 0 Å². The lowest BCUT2D eigenvalue weighted by atomic mass is 9.94. The minimum atomic E-state index is -1.18. The SMILES string of the molecule is CC(F)(Cc1cc(Br)cs1)CC1COCCN1. The predicted molar refractivity (Wildman–Crippen MR) is 72.5 cm³/mol. The van der Waals surface area contributed by atoms with Gasteiger partial charge < -0.3 is 10.1 Å². The van der Waals surface area contributed by atoms with Crippen LogP contribution in [0.25, 0.3) is 0 Å². The van der Waals surface area contributed by atoms with Gasteiger partial charge in [0.05, 0.1) is 13.2 Å². The first-order valence-corrected chi connectivity index (χ1v) is 7.45. The molecule has 0 bridgehead atoms. The monoisotopic (exact) mass is 321 g/mol. The molecule has 0 aromatic carbocycles. The fraction of sp³-hybridized carbons (Fsp3) is 0.667. The van der Waals surface area contributed by atoms with Gasteiger partial charge in [-0.05, 0) is 35.3 Å². The van der Waals surface area contributed by atoms with Gasteiger partial charge in [-0.15, -0.1) is 11.3 Å². The van der Waals surface area contributed by atoms with Crippen molar-refractivity contribution in [3.63, 3.8) is 0 Å². The molecule has 2 rings (SSSR count). The highest BCUT2D eigenvalue weighted by Gasteiger charge is 2.29. The molecule has 2 unspecified atom stereocenters. The Balaban J connectivity index is 1.88. The van der Waals surface area contributed by atoms with E-state index in [1.54, 1.807) is 18.3 Å². The van der Waals surface area contributed by atoms with Crippen LogP contribution < -0.4 is 5.32 Å². The van der Waals surface area contributed by atoms with E-state index in [2.05, 4.69) is 21.2 Å². The summed E-state index contributed by atoms with van der Waals surface area (Å²) in [6.07, 6.45) is 0.976. The summed E-state index contributed by atoms with van der Waals surface area (Å²) in [5.41, 5.74) is -1.18. The third-order valence-corrected chi connectivity index (χ3v) is 4.53. The summed E-state index contributed by atoms with van der Waals surface area (Å²) in [6.45, 7) is 3.85. The third kappa shape index (κ3) is 4.32. The van der Waals surface area contributed by atoms with Gasteiger partial charge in [-0.3, -0.25) is 0 Å². The van der Waals surface area contributed by atoms with E-state index in [0.29, 0.717) is 19.4 Å². The molecule has 17 heavy (non-hydrogen) atoms. The maximum Gasteiger partial charge on any atom is 0.114 e. The number of thiophene rings is 1. The van der Waals surface area contributed by atoms with Crippen LogP contribution in [-0.2, 0) is 11.2 Å². The number of rotatable bonds is 4. The van der Waals surface area contributed by atoms with Crippen LogP contribution in [0.1, 0.15) is 18.2 Å². The third-order valence-electron chi connectivity index (χ3n) is 2.84. The highest BCUT2D eigenvalue weighted by atomic mass is 79.9. The summed E-state index contributed by atoms with van der Waals surface area (Å²) in [4.78, 5) is 1.08. The van der Waals surface area contributed by atoms with Crippen LogP contribution in [-0.4, -0.2) is 31.5 Å². The zero-order valence-electron chi connectivity index (χ0n) is 9.84. The van der Waals surface area contributed by atoms with Crippen molar-refractivity contribution in [3.05, 3.63) is 20.8 Å². The molecule has 1 aromatic heterocycles. The number of hydrogen-bond donors (Lipinski definition) is 1. The summed E-state index contributed by atoms with van der Waals surface area (Å²) in [7, 11) is 0. The van der Waals surface area contributed by atoms with Crippen LogP contribution in [0.5, 0.6) is 0 Å². The largest absolute Gasteiger partial charge is 0.379 e. The summed E-state index contributed by atoms with van der Waals surface area (Å²) >= 11 is 4.99. The normalized spacial score (nSPS) is 24.5. The maximum absolute atomic E-state index is 14.5. The second-order valence-electron chi connectivity index (χ2n) is 4.75. The lowest BCUT2D eigenvalue weighted by Crippen LogP contribution is -2.45. The van der Waals surface area contributed by atoms with Crippen molar-refractivity contribution in [2.75, 3.05) is 19.8 Å². The second kappa shape index (κ2) is 5.78. The van der Waals surface area contributed by atoms with Crippen LogP contribution in [0.4, 0.5) is 4.39 Å². The van der Waals surface area contributed by atoms with Crippen LogP contribution in [0.3, 0.4) is 0 Å². The van der Waals surface area contributed by atoms with Gasteiger partial charge in [-0.25, -0.2) is 4.39 Å². The van der Waals surface area contributed by atoms with Gasteiger partial charge in [0.1, 0.15) is 5.67 Å². The molecule has 0 amide bonds. The van der Waals surface area contributed by atoms with E-state index in [4.69, 9.17) is 4.74 Å². The molecule has 0 spiro atoms. The summed E-state index contributed by atoms with van der Waals surface area (Å²) in [5.74, 6) is 0. The Bertz CT molecular complexity index is 363. The Morgan fingerprint density at radius 3 is 3.12 bits per heavy atom. The van der Waals surface area contributed by atoms with Crippen molar-refractivity contribution in [2.45, 2.75) is 31.5 Å². The smallest absolute Gasteiger partial charge is 0.114 e. The summed E-state index contributed by atoms with van der Waals surface area (Å²) in [6, 6.07) is 2.13. The van der Waals surface area contributed by atoms with E-state index in [9.17, 15) is 4.39 Å². The quantitative estimate of drug-likeness (QED) is 0.919. The lowest BCUT2D eigenvalue weighted by molar-refractivity contribution is 0.0485. The maximum atomic E-state index is 14.5. The standard InChI is InChI=1S/C12H17BrFNOS/c1-12(14,5-10-7-16-3-2-15-10)6-11-4-9(13)8-17-11/h4,8,10,15H,2-3,5-7H2,1H3. The Labute approximate surface area is 114 Å². The number of alkyl halides is 1. The zero-order chi connectivity index (χ0) is 12.3. The predicted octanol–water partition coefficient (Wildman–Crippen LogP) is 3.16. The Kier molecular flexibility index (Phi) is 4.58. The first-order valence-electron chi connectivity index (χ1n) is 5.78. The van der Waals surface area contributed by atoms with Crippen molar-refractivity contribution >= 4 is 27.3 Å². The van der Waals surface area contributed by atoms with Gasteiger partial charge in [0.25, 0.3) is 0 Å². The van der Waals surface area contributed by atoms with Crippen molar-refractivity contribution < 1.29 is 9.13 Å². The van der Waals surface area contributed by atoms with Crippen LogP contribution >= 0.6 is 27.3 Å². The van der Waals surface area contributed by atoms with Gasteiger partial charge in [-0.1, -0.05) is 0 Å². The van der Waals surface area contributed by atoms with E-state index >= 15 is 0 Å². The van der Waals surface area contributed by atoms with Crippen molar-refractivity contribution in [1.29, 1.82) is 0 Å². The fourth-order valence-electron chi connectivity index (χ4n) is 2.15. The Hall–Kier alpha value is 0.0300. The lowest BCUT2D eigenvalue weighted by Gasteiger charge is -2.29. The fourth-order valence-corrected chi connectivity index (χ4v) is 3.77. The highest BCUT2D eigenvalue weighted by molar-refractivity contribution is 9.10. The molecule has 0 saturated carbocycles. The van der Waals surface area contributed by atoms with E-state index < -0.39 is 5.67 Å². The highest BCUT2D eigenvalue weighted by Crippen LogP contribution is 2.28. The average molecular weight is 322 g/mol. The molecule has 1 aromatic rings. The molecular formula is C12H17BrFNOS. The van der Waals surface area contributed by atoms with Crippen molar-refractivity contribution in [2.24, 2.45) is 0 Å². The average Bonchev–Trinajstić information content (AvgIpc) is 2.63. The first-order chi connectivity index (χ1) is 8.05. The Morgan fingerprint density at radius 2 is 2.53 bits per heavy atom. The summed E-state index contributed by atoms with van der Waals surface area (Å²) in [5, 5.41) is 5.29. The van der Waals surface area contributed by atoms with E-state index in [1.807, 2.05) is 11.4 Å². The molecule has 1 aliphatic rings. The Morgan fingerprint density at radius 1 is 1.71 bits per heavy atom. The molecule has 2 heterocycles. The van der Waals surface area contributed by atoms with Crippen molar-refractivity contribution in [3.8, 4) is 0 Å². The van der Waals surface area contributed by atoms with E-state index in [-0.39, 0.29) is 6.04 Å². The molecule has 0 aliphatic carbocycles. The van der Waals surface area contributed by atoms with Gasteiger partial charge in [0.2, 0.25) is 0 Å². The zero-order valence-corrected chi connectivity index (χ0v) is 12.2. The number of hydrogen-bond acceptors (Lipinski definition) is 3. The minimum Gasteiger partial charge on any atom is -0.379 e. The summed E-state index contributed by atoms with van der Waals surface area (Å²) < 4.78 is 20.8. The molecule has 1 saturated heterocycles. The van der Waals surface area contributed by atoms with Crippen molar-refractivity contribution in [1.82, 2.24) is 5.32 Å². The second-order valence-corrected chi connectivity index (χ2v) is 6.66. The van der Waals surface area contributed by atoms with Gasteiger partial charge in [0.15, 0.2) is 0 Å².